The second-order valence-corrected chi connectivity index (χ2v) is 14.3. The molecular weight excluding hydrogens is 446 g/mol. The van der Waals surface area contributed by atoms with Gasteiger partial charge in [0.25, 0.3) is 8.32 Å². The molecule has 2 aromatic carbocycles. The Hall–Kier alpha value is -3.10. The summed E-state index contributed by atoms with van der Waals surface area (Å²) in [7, 11) is -2.70. The minimum atomic E-state index is -2.70. The number of carboxylic acid groups (broad SMARTS) is 1. The Morgan fingerprint density at radius 2 is 1.56 bits per heavy atom. The molecule has 34 heavy (non-hydrogen) atoms. The molecule has 4 rings (SSSR count). The summed E-state index contributed by atoms with van der Waals surface area (Å²) in [5.41, 5.74) is 0.563. The summed E-state index contributed by atoms with van der Waals surface area (Å²) in [6.45, 7) is 7.84. The van der Waals surface area contributed by atoms with Crippen molar-refractivity contribution in [3.05, 3.63) is 83.0 Å². The highest BCUT2D eigenvalue weighted by atomic mass is 28.4. The van der Waals surface area contributed by atoms with E-state index in [1.165, 1.54) is 15.3 Å². The summed E-state index contributed by atoms with van der Waals surface area (Å²) in [6.07, 6.45) is 2.19. The molecule has 0 spiro atoms. The number of H-pyrrole nitrogens is 1. The quantitative estimate of drug-likeness (QED) is 0.529. The van der Waals surface area contributed by atoms with Crippen LogP contribution in [0.1, 0.15) is 45.3 Å². The maximum absolute atomic E-state index is 12.7. The third-order valence-corrected chi connectivity index (χ3v) is 11.8. The van der Waals surface area contributed by atoms with Crippen molar-refractivity contribution < 1.29 is 14.3 Å². The Bertz CT molecular complexity index is 1120. The molecule has 8 heteroatoms. The molecule has 2 heterocycles. The van der Waals surface area contributed by atoms with Gasteiger partial charge in [0, 0.05) is 25.3 Å². The van der Waals surface area contributed by atoms with Crippen molar-refractivity contribution in [2.45, 2.75) is 51.3 Å². The van der Waals surface area contributed by atoms with E-state index in [0.29, 0.717) is 32.5 Å². The number of aromatic nitrogens is 2. The van der Waals surface area contributed by atoms with E-state index in [1.54, 1.807) is 4.57 Å². The van der Waals surface area contributed by atoms with Crippen LogP contribution in [0.3, 0.4) is 0 Å². The molecule has 0 aliphatic carbocycles. The van der Waals surface area contributed by atoms with Gasteiger partial charge in [-0.1, -0.05) is 81.4 Å². The molecule has 180 valence electrons. The number of carbonyl (C=O) groups is 1. The van der Waals surface area contributed by atoms with Crippen molar-refractivity contribution in [2.24, 2.45) is 0 Å². The lowest BCUT2D eigenvalue weighted by Gasteiger charge is -2.42. The number of hydrogen-bond acceptors (Lipinski definition) is 3. The fourth-order valence-corrected chi connectivity index (χ4v) is 9.62. The molecular formula is C26H33N3O4Si. The summed E-state index contributed by atoms with van der Waals surface area (Å²) in [6, 6.07) is 20.8. The zero-order valence-corrected chi connectivity index (χ0v) is 21.0. The van der Waals surface area contributed by atoms with E-state index in [4.69, 9.17) is 4.43 Å². The Morgan fingerprint density at radius 1 is 1.03 bits per heavy atom. The lowest BCUT2D eigenvalue weighted by molar-refractivity contribution is 0.125. The second-order valence-electron chi connectivity index (χ2n) is 9.94. The molecule has 0 atom stereocenters. The van der Waals surface area contributed by atoms with E-state index in [1.807, 2.05) is 18.3 Å². The average Bonchev–Trinajstić information content (AvgIpc) is 3.20. The first kappa shape index (κ1) is 24.0. The van der Waals surface area contributed by atoms with Crippen LogP contribution < -0.4 is 16.1 Å². The fraction of sp³-hybridized carbons (Fsp3) is 0.385. The number of piperidine rings is 1. The molecule has 1 amide bonds. The van der Waals surface area contributed by atoms with Gasteiger partial charge in [-0.2, -0.15) is 0 Å². The van der Waals surface area contributed by atoms with E-state index in [9.17, 15) is 14.7 Å². The summed E-state index contributed by atoms with van der Waals surface area (Å²) in [5, 5.41) is 11.4. The number of nitrogens with zero attached hydrogens (tertiary/aromatic N) is 2. The molecule has 1 aliphatic rings. The van der Waals surface area contributed by atoms with Crippen LogP contribution in [0.15, 0.2) is 71.7 Å². The normalized spacial score (nSPS) is 15.4. The molecule has 2 N–H and O–H groups in total. The molecule has 0 unspecified atom stereocenters. The summed E-state index contributed by atoms with van der Waals surface area (Å²) >= 11 is 0. The first-order valence-electron chi connectivity index (χ1n) is 11.8. The Balaban J connectivity index is 1.63. The van der Waals surface area contributed by atoms with Crippen molar-refractivity contribution in [1.82, 2.24) is 14.5 Å². The van der Waals surface area contributed by atoms with Gasteiger partial charge in [0.1, 0.15) is 0 Å². The van der Waals surface area contributed by atoms with Gasteiger partial charge in [-0.25, -0.2) is 9.59 Å². The maximum atomic E-state index is 12.7. The van der Waals surface area contributed by atoms with E-state index in [0.717, 1.165) is 5.69 Å². The second kappa shape index (κ2) is 9.64. The van der Waals surface area contributed by atoms with Gasteiger partial charge in [-0.3, -0.25) is 4.57 Å². The molecule has 1 saturated heterocycles. The number of benzene rings is 2. The summed E-state index contributed by atoms with van der Waals surface area (Å²) in [4.78, 5) is 28.3. The lowest BCUT2D eigenvalue weighted by atomic mass is 10.1. The minimum Gasteiger partial charge on any atom is -0.465 e. The van der Waals surface area contributed by atoms with Crippen LogP contribution in [0.25, 0.3) is 0 Å². The van der Waals surface area contributed by atoms with Gasteiger partial charge < -0.3 is 19.4 Å². The highest BCUT2D eigenvalue weighted by molar-refractivity contribution is 6.99. The van der Waals surface area contributed by atoms with E-state index < -0.39 is 14.4 Å². The standard InChI is InChI=1S/C26H33N3O4Si/c1-26(2,3)34(22-10-6-4-7-11-22,23-12-8-5-9-13-23)33-19-20-18-29(24(30)27-20)21-14-16-28(17-15-21)25(31)32/h4-13,18,21H,14-17,19H2,1-3H3,(H,27,30)(H,31,32). The number of imidazole rings is 1. The zero-order chi connectivity index (χ0) is 24.3. The van der Waals surface area contributed by atoms with Crippen LogP contribution in [0.5, 0.6) is 0 Å². The van der Waals surface area contributed by atoms with Gasteiger partial charge in [0.05, 0.1) is 12.3 Å². The van der Waals surface area contributed by atoms with Crippen LogP contribution in [0.4, 0.5) is 4.79 Å². The van der Waals surface area contributed by atoms with Crippen LogP contribution in [0, 0.1) is 0 Å². The molecule has 1 aromatic heterocycles. The largest absolute Gasteiger partial charge is 0.465 e. The highest BCUT2D eigenvalue weighted by Crippen LogP contribution is 2.37. The van der Waals surface area contributed by atoms with Gasteiger partial charge in [-0.15, -0.1) is 0 Å². The van der Waals surface area contributed by atoms with E-state index in [-0.39, 0.29) is 16.8 Å². The van der Waals surface area contributed by atoms with Crippen molar-refractivity contribution >= 4 is 24.8 Å². The first-order valence-corrected chi connectivity index (χ1v) is 13.7. The number of amides is 1. The van der Waals surface area contributed by atoms with Gasteiger partial charge in [0.15, 0.2) is 0 Å². The number of hydrogen-bond donors (Lipinski definition) is 2. The topological polar surface area (TPSA) is 87.6 Å². The Labute approximate surface area is 201 Å². The maximum Gasteiger partial charge on any atom is 0.407 e. The highest BCUT2D eigenvalue weighted by Gasteiger charge is 2.50. The SMILES string of the molecule is CC(C)(C)[Si](OCc1cn(C2CCN(C(=O)O)CC2)c(=O)[nH]1)(c1ccccc1)c1ccccc1. The summed E-state index contributed by atoms with van der Waals surface area (Å²) in [5.74, 6) is 0. The van der Waals surface area contributed by atoms with Crippen LogP contribution in [0.2, 0.25) is 5.04 Å². The molecule has 3 aromatic rings. The van der Waals surface area contributed by atoms with E-state index in [2.05, 4.69) is 74.3 Å². The predicted octanol–water partition coefficient (Wildman–Crippen LogP) is 3.57. The Morgan fingerprint density at radius 3 is 2.03 bits per heavy atom. The number of rotatable bonds is 6. The van der Waals surface area contributed by atoms with Gasteiger partial charge >= 0.3 is 11.8 Å². The molecule has 0 radical (unpaired) electrons. The first-order chi connectivity index (χ1) is 16.2. The third kappa shape index (κ3) is 4.60. The van der Waals surface area contributed by atoms with Crippen molar-refractivity contribution in [3.8, 4) is 0 Å². The average molecular weight is 480 g/mol. The molecule has 0 bridgehead atoms. The van der Waals surface area contributed by atoms with Gasteiger partial charge in [0.2, 0.25) is 0 Å². The van der Waals surface area contributed by atoms with Crippen LogP contribution in [-0.4, -0.2) is 47.1 Å². The molecule has 1 fully saturated rings. The van der Waals surface area contributed by atoms with Crippen LogP contribution >= 0.6 is 0 Å². The van der Waals surface area contributed by atoms with Gasteiger partial charge in [-0.05, 0) is 28.3 Å². The molecule has 1 aliphatic heterocycles. The van der Waals surface area contributed by atoms with Crippen molar-refractivity contribution in [1.29, 1.82) is 0 Å². The molecule has 0 saturated carbocycles. The third-order valence-electron chi connectivity index (χ3n) is 6.79. The number of likely N-dealkylation sites (tertiary alicyclic amines) is 1. The lowest BCUT2D eigenvalue weighted by Crippen LogP contribution is -2.66. The predicted molar refractivity (Wildman–Crippen MR) is 135 cm³/mol. The van der Waals surface area contributed by atoms with Crippen LogP contribution in [-0.2, 0) is 11.0 Å². The van der Waals surface area contributed by atoms with E-state index >= 15 is 0 Å². The number of nitrogens with one attached hydrogen (secondary N) is 1. The van der Waals surface area contributed by atoms with Crippen molar-refractivity contribution in [2.75, 3.05) is 13.1 Å². The smallest absolute Gasteiger partial charge is 0.407 e. The minimum absolute atomic E-state index is 0.0130. The van der Waals surface area contributed by atoms with Crippen molar-refractivity contribution in [3.63, 3.8) is 0 Å². The summed E-state index contributed by atoms with van der Waals surface area (Å²) < 4.78 is 8.64. The number of aromatic amines is 1. The molecule has 7 nitrogen and oxygen atoms in total. The monoisotopic (exact) mass is 479 g/mol. The fourth-order valence-electron chi connectivity index (χ4n) is 5.09. The zero-order valence-electron chi connectivity index (χ0n) is 20.0. The Kier molecular flexibility index (Phi) is 6.81.